The molecule has 1 aromatic carbocycles. The zero-order valence-corrected chi connectivity index (χ0v) is 12.3. The molecule has 1 fully saturated rings. The maximum absolute atomic E-state index is 9.12. The zero-order valence-electron chi connectivity index (χ0n) is 12.3. The minimum absolute atomic E-state index is 0.313. The lowest BCUT2D eigenvalue weighted by molar-refractivity contribution is 0.204. The Balaban J connectivity index is 1.81. The molecule has 1 atom stereocenters. The molecule has 0 aliphatic carbocycles. The van der Waals surface area contributed by atoms with Gasteiger partial charge in [0, 0.05) is 19.7 Å². The molecule has 0 spiro atoms. The quantitative estimate of drug-likeness (QED) is 0.885. The van der Waals surface area contributed by atoms with Gasteiger partial charge in [0.2, 0.25) is 0 Å². The molecule has 1 aliphatic heterocycles. The summed E-state index contributed by atoms with van der Waals surface area (Å²) >= 11 is 0. The minimum Gasteiger partial charge on any atom is -0.492 e. The molecule has 1 aliphatic rings. The normalized spacial score (nSPS) is 19.9. The Hall–Kier alpha value is -1.06. The van der Waals surface area contributed by atoms with Crippen molar-refractivity contribution in [2.24, 2.45) is 5.92 Å². The first-order valence-electron chi connectivity index (χ1n) is 7.14. The van der Waals surface area contributed by atoms with E-state index in [4.69, 9.17) is 9.84 Å². The molecular weight excluding hydrogens is 238 g/mol. The van der Waals surface area contributed by atoms with Crippen LogP contribution in [-0.2, 0) is 0 Å². The van der Waals surface area contributed by atoms with Crippen LogP contribution in [0.1, 0.15) is 23.1 Å². The van der Waals surface area contributed by atoms with E-state index in [0.29, 0.717) is 12.5 Å². The summed E-state index contributed by atoms with van der Waals surface area (Å²) in [6.45, 7) is 10.4. The second-order valence-corrected chi connectivity index (χ2v) is 5.69. The summed E-state index contributed by atoms with van der Waals surface area (Å²) in [5.41, 5.74) is 3.80. The molecule has 0 radical (unpaired) electrons. The summed E-state index contributed by atoms with van der Waals surface area (Å²) in [6, 6.07) is 4.31. The Morgan fingerprint density at radius 3 is 2.63 bits per heavy atom. The van der Waals surface area contributed by atoms with E-state index in [1.807, 2.05) is 0 Å². The fourth-order valence-corrected chi connectivity index (χ4v) is 2.64. The molecule has 1 saturated heterocycles. The van der Waals surface area contributed by atoms with Crippen molar-refractivity contribution in [2.45, 2.75) is 27.2 Å². The lowest BCUT2D eigenvalue weighted by atomic mass is 10.1. The predicted molar refractivity (Wildman–Crippen MR) is 77.8 cm³/mol. The molecule has 19 heavy (non-hydrogen) atoms. The molecular formula is C16H25NO2. The van der Waals surface area contributed by atoms with Crippen LogP contribution in [0, 0.1) is 26.7 Å². The average Bonchev–Trinajstić information content (AvgIpc) is 2.83. The van der Waals surface area contributed by atoms with Crippen LogP contribution in [-0.4, -0.2) is 42.9 Å². The topological polar surface area (TPSA) is 32.7 Å². The van der Waals surface area contributed by atoms with Crippen LogP contribution in [0.15, 0.2) is 12.1 Å². The van der Waals surface area contributed by atoms with Crippen molar-refractivity contribution < 1.29 is 9.84 Å². The summed E-state index contributed by atoms with van der Waals surface area (Å²) in [7, 11) is 0. The number of hydrogen-bond donors (Lipinski definition) is 1. The highest BCUT2D eigenvalue weighted by atomic mass is 16.5. The van der Waals surface area contributed by atoms with Crippen molar-refractivity contribution in [1.29, 1.82) is 0 Å². The molecule has 1 unspecified atom stereocenters. The Bertz CT molecular complexity index is 431. The van der Waals surface area contributed by atoms with Gasteiger partial charge in [-0.25, -0.2) is 0 Å². The standard InChI is InChI=1S/C16H25NO2/c1-12-8-14(3)16(9-13(12)2)19-7-6-17-5-4-15(10-17)11-18/h8-9,15,18H,4-7,10-11H2,1-3H3. The Kier molecular flexibility index (Phi) is 4.83. The maximum atomic E-state index is 9.12. The first-order chi connectivity index (χ1) is 9.10. The fraction of sp³-hybridized carbons (Fsp3) is 0.625. The molecule has 0 bridgehead atoms. The van der Waals surface area contributed by atoms with Crippen molar-refractivity contribution in [3.05, 3.63) is 28.8 Å². The van der Waals surface area contributed by atoms with Crippen molar-refractivity contribution >= 4 is 0 Å². The minimum atomic E-state index is 0.313. The number of likely N-dealkylation sites (tertiary alicyclic amines) is 1. The lowest BCUT2D eigenvalue weighted by Gasteiger charge is -2.17. The summed E-state index contributed by atoms with van der Waals surface area (Å²) in [4.78, 5) is 2.37. The molecule has 1 heterocycles. The highest BCUT2D eigenvalue weighted by molar-refractivity contribution is 5.40. The molecule has 0 saturated carbocycles. The van der Waals surface area contributed by atoms with Gasteiger partial charge in [-0.3, -0.25) is 4.90 Å². The number of nitrogens with zero attached hydrogens (tertiary/aromatic N) is 1. The van der Waals surface area contributed by atoms with Crippen molar-refractivity contribution in [3.63, 3.8) is 0 Å². The van der Waals surface area contributed by atoms with Crippen molar-refractivity contribution in [2.75, 3.05) is 32.8 Å². The van der Waals surface area contributed by atoms with Crippen LogP contribution >= 0.6 is 0 Å². The van der Waals surface area contributed by atoms with Gasteiger partial charge in [0.05, 0.1) is 0 Å². The van der Waals surface area contributed by atoms with Gasteiger partial charge in [0.25, 0.3) is 0 Å². The van der Waals surface area contributed by atoms with Gasteiger partial charge >= 0.3 is 0 Å². The lowest BCUT2D eigenvalue weighted by Crippen LogP contribution is -2.26. The van der Waals surface area contributed by atoms with Crippen LogP contribution in [0.2, 0.25) is 0 Å². The van der Waals surface area contributed by atoms with Crippen LogP contribution in [0.4, 0.5) is 0 Å². The molecule has 3 nitrogen and oxygen atoms in total. The smallest absolute Gasteiger partial charge is 0.122 e. The maximum Gasteiger partial charge on any atom is 0.122 e. The van der Waals surface area contributed by atoms with E-state index < -0.39 is 0 Å². The Labute approximate surface area is 116 Å². The highest BCUT2D eigenvalue weighted by Crippen LogP contribution is 2.22. The molecule has 0 amide bonds. The molecule has 2 rings (SSSR count). The van der Waals surface area contributed by atoms with Crippen molar-refractivity contribution in [1.82, 2.24) is 4.90 Å². The first kappa shape index (κ1) is 14.4. The summed E-state index contributed by atoms with van der Waals surface area (Å²) in [6.07, 6.45) is 1.11. The van der Waals surface area contributed by atoms with Crippen LogP contribution in [0.3, 0.4) is 0 Å². The summed E-state index contributed by atoms with van der Waals surface area (Å²) < 4.78 is 5.90. The third-order valence-electron chi connectivity index (χ3n) is 4.08. The van der Waals surface area contributed by atoms with Gasteiger partial charge in [-0.05, 0) is 62.4 Å². The molecule has 1 aromatic rings. The number of aliphatic hydroxyl groups excluding tert-OH is 1. The average molecular weight is 263 g/mol. The second kappa shape index (κ2) is 6.40. The van der Waals surface area contributed by atoms with E-state index in [9.17, 15) is 0 Å². The SMILES string of the molecule is Cc1cc(C)c(OCCN2CCC(CO)C2)cc1C. The third kappa shape index (κ3) is 3.71. The van der Waals surface area contributed by atoms with E-state index in [1.165, 1.54) is 16.7 Å². The molecule has 106 valence electrons. The monoisotopic (exact) mass is 263 g/mol. The van der Waals surface area contributed by atoms with Gasteiger partial charge in [0.1, 0.15) is 12.4 Å². The number of ether oxygens (including phenoxy) is 1. The number of aliphatic hydroxyl groups is 1. The van der Waals surface area contributed by atoms with E-state index in [1.54, 1.807) is 0 Å². The van der Waals surface area contributed by atoms with Gasteiger partial charge in [-0.1, -0.05) is 6.07 Å². The number of benzene rings is 1. The van der Waals surface area contributed by atoms with Crippen LogP contribution < -0.4 is 4.74 Å². The van der Waals surface area contributed by atoms with Gasteiger partial charge in [-0.2, -0.15) is 0 Å². The first-order valence-corrected chi connectivity index (χ1v) is 7.14. The van der Waals surface area contributed by atoms with Gasteiger partial charge in [0.15, 0.2) is 0 Å². The van der Waals surface area contributed by atoms with Crippen LogP contribution in [0.25, 0.3) is 0 Å². The van der Waals surface area contributed by atoms with Gasteiger partial charge < -0.3 is 9.84 Å². The molecule has 3 heteroatoms. The highest BCUT2D eigenvalue weighted by Gasteiger charge is 2.21. The third-order valence-corrected chi connectivity index (χ3v) is 4.08. The van der Waals surface area contributed by atoms with E-state index >= 15 is 0 Å². The van der Waals surface area contributed by atoms with Crippen LogP contribution in [0.5, 0.6) is 5.75 Å². The molecule has 1 N–H and O–H groups in total. The van der Waals surface area contributed by atoms with E-state index in [0.717, 1.165) is 38.4 Å². The number of rotatable bonds is 5. The largest absolute Gasteiger partial charge is 0.492 e. The predicted octanol–water partition coefficient (Wildman–Crippen LogP) is 2.30. The zero-order chi connectivity index (χ0) is 13.8. The fourth-order valence-electron chi connectivity index (χ4n) is 2.64. The summed E-state index contributed by atoms with van der Waals surface area (Å²) in [5.74, 6) is 1.46. The van der Waals surface area contributed by atoms with Crippen molar-refractivity contribution in [3.8, 4) is 5.75 Å². The number of aryl methyl sites for hydroxylation is 3. The number of hydrogen-bond acceptors (Lipinski definition) is 3. The Morgan fingerprint density at radius 2 is 1.95 bits per heavy atom. The van der Waals surface area contributed by atoms with Gasteiger partial charge in [-0.15, -0.1) is 0 Å². The van der Waals surface area contributed by atoms with E-state index in [-0.39, 0.29) is 0 Å². The second-order valence-electron chi connectivity index (χ2n) is 5.69. The molecule has 0 aromatic heterocycles. The Morgan fingerprint density at radius 1 is 1.21 bits per heavy atom. The van der Waals surface area contributed by atoms with E-state index in [2.05, 4.69) is 37.8 Å². The summed E-state index contributed by atoms with van der Waals surface area (Å²) in [5, 5.41) is 9.12.